The zero-order valence-electron chi connectivity index (χ0n) is 12.3. The molecule has 5 heteroatoms. The van der Waals surface area contributed by atoms with Gasteiger partial charge in [-0.15, -0.1) is 0 Å². The van der Waals surface area contributed by atoms with Crippen LogP contribution in [0, 0.1) is 5.41 Å². The monoisotopic (exact) mass is 277 g/mol. The summed E-state index contributed by atoms with van der Waals surface area (Å²) in [6, 6.07) is 6.56. The van der Waals surface area contributed by atoms with E-state index in [1.165, 1.54) is 0 Å². The molecule has 0 aliphatic carbocycles. The van der Waals surface area contributed by atoms with E-state index >= 15 is 0 Å². The van der Waals surface area contributed by atoms with Crippen molar-refractivity contribution in [2.45, 2.75) is 27.2 Å². The summed E-state index contributed by atoms with van der Waals surface area (Å²) < 4.78 is 0. The van der Waals surface area contributed by atoms with Crippen molar-refractivity contribution in [3.8, 4) is 0 Å². The van der Waals surface area contributed by atoms with Gasteiger partial charge in [-0.1, -0.05) is 20.8 Å². The van der Waals surface area contributed by atoms with Crippen molar-refractivity contribution in [1.29, 1.82) is 0 Å². The maximum atomic E-state index is 11.8. The number of rotatable bonds is 5. The van der Waals surface area contributed by atoms with E-state index in [4.69, 9.17) is 5.73 Å². The van der Waals surface area contributed by atoms with Crippen LogP contribution < -0.4 is 16.4 Å². The lowest BCUT2D eigenvalue weighted by Crippen LogP contribution is -2.38. The van der Waals surface area contributed by atoms with Crippen LogP contribution in [0.5, 0.6) is 0 Å². The molecule has 0 radical (unpaired) electrons. The largest absolute Gasteiger partial charge is 0.399 e. The number of amides is 2. The number of carbonyl (C=O) groups excluding carboxylic acids is 2. The van der Waals surface area contributed by atoms with Crippen LogP contribution in [0.2, 0.25) is 0 Å². The van der Waals surface area contributed by atoms with Gasteiger partial charge in [0.15, 0.2) is 0 Å². The maximum absolute atomic E-state index is 11.8. The van der Waals surface area contributed by atoms with Crippen LogP contribution in [0.15, 0.2) is 24.3 Å². The minimum atomic E-state index is -0.282. The first-order valence-electron chi connectivity index (χ1n) is 6.68. The summed E-state index contributed by atoms with van der Waals surface area (Å²) in [7, 11) is 0. The molecular weight excluding hydrogens is 254 g/mol. The number of carbonyl (C=O) groups is 2. The standard InChI is InChI=1S/C15H23N3O2/c1-15(2,3)8-9-17-13(19)10-18-14(20)11-4-6-12(16)7-5-11/h4-7H,8-10,16H2,1-3H3,(H,17,19)(H,18,20). The van der Waals surface area contributed by atoms with Gasteiger partial charge in [0, 0.05) is 17.8 Å². The molecule has 0 aliphatic heterocycles. The molecule has 1 aromatic rings. The van der Waals surface area contributed by atoms with Crippen LogP contribution in [0.25, 0.3) is 0 Å². The average molecular weight is 277 g/mol. The van der Waals surface area contributed by atoms with Gasteiger partial charge >= 0.3 is 0 Å². The van der Waals surface area contributed by atoms with Gasteiger partial charge in [-0.3, -0.25) is 9.59 Å². The van der Waals surface area contributed by atoms with E-state index < -0.39 is 0 Å². The minimum absolute atomic E-state index is 0.0205. The molecule has 2 amide bonds. The van der Waals surface area contributed by atoms with Crippen LogP contribution >= 0.6 is 0 Å². The van der Waals surface area contributed by atoms with Crippen LogP contribution in [0.4, 0.5) is 5.69 Å². The Hall–Kier alpha value is -2.04. The van der Waals surface area contributed by atoms with Gasteiger partial charge in [-0.05, 0) is 36.1 Å². The van der Waals surface area contributed by atoms with Crippen molar-refractivity contribution in [2.24, 2.45) is 5.41 Å². The lowest BCUT2D eigenvalue weighted by atomic mass is 9.92. The zero-order chi connectivity index (χ0) is 15.2. The Bertz CT molecular complexity index is 461. The fourth-order valence-electron chi connectivity index (χ4n) is 1.54. The predicted octanol–water partition coefficient (Wildman–Crippen LogP) is 1.55. The van der Waals surface area contributed by atoms with Gasteiger partial charge in [0.25, 0.3) is 5.91 Å². The van der Waals surface area contributed by atoms with Crippen molar-refractivity contribution in [3.63, 3.8) is 0 Å². The highest BCUT2D eigenvalue weighted by Gasteiger charge is 2.11. The summed E-state index contributed by atoms with van der Waals surface area (Å²) in [5, 5.41) is 5.36. The summed E-state index contributed by atoms with van der Waals surface area (Å²) in [6.45, 7) is 6.93. The van der Waals surface area contributed by atoms with Crippen molar-refractivity contribution in [2.75, 3.05) is 18.8 Å². The van der Waals surface area contributed by atoms with Crippen molar-refractivity contribution in [3.05, 3.63) is 29.8 Å². The Morgan fingerprint density at radius 2 is 1.70 bits per heavy atom. The number of benzene rings is 1. The normalized spacial score (nSPS) is 10.9. The molecule has 0 unspecified atom stereocenters. The van der Waals surface area contributed by atoms with E-state index in [1.807, 2.05) is 0 Å². The van der Waals surface area contributed by atoms with E-state index in [0.29, 0.717) is 17.8 Å². The van der Waals surface area contributed by atoms with E-state index in [9.17, 15) is 9.59 Å². The number of hydrogen-bond donors (Lipinski definition) is 3. The molecule has 0 fully saturated rings. The summed E-state index contributed by atoms with van der Waals surface area (Å²) in [5.41, 5.74) is 6.81. The summed E-state index contributed by atoms with van der Waals surface area (Å²) in [5.74, 6) is -0.464. The van der Waals surface area contributed by atoms with Gasteiger partial charge in [-0.25, -0.2) is 0 Å². The SMILES string of the molecule is CC(C)(C)CCNC(=O)CNC(=O)c1ccc(N)cc1. The zero-order valence-corrected chi connectivity index (χ0v) is 12.3. The van der Waals surface area contributed by atoms with Gasteiger partial charge in [-0.2, -0.15) is 0 Å². The molecule has 0 saturated carbocycles. The Labute approximate surface area is 119 Å². The average Bonchev–Trinajstić information content (AvgIpc) is 2.35. The van der Waals surface area contributed by atoms with E-state index in [1.54, 1.807) is 24.3 Å². The summed E-state index contributed by atoms with van der Waals surface area (Å²) >= 11 is 0. The van der Waals surface area contributed by atoms with Gasteiger partial charge < -0.3 is 16.4 Å². The maximum Gasteiger partial charge on any atom is 0.251 e. The molecule has 5 nitrogen and oxygen atoms in total. The number of nitrogens with two attached hydrogens (primary N) is 1. The van der Waals surface area contributed by atoms with Crippen LogP contribution in [0.1, 0.15) is 37.6 Å². The quantitative estimate of drug-likeness (QED) is 0.714. The number of anilines is 1. The Morgan fingerprint density at radius 3 is 2.25 bits per heavy atom. The highest BCUT2D eigenvalue weighted by Crippen LogP contribution is 2.16. The number of nitrogen functional groups attached to an aromatic ring is 1. The van der Waals surface area contributed by atoms with Gasteiger partial charge in [0.05, 0.1) is 6.54 Å². The topological polar surface area (TPSA) is 84.2 Å². The first-order chi connectivity index (χ1) is 9.28. The third-order valence-corrected chi connectivity index (χ3v) is 2.78. The second kappa shape index (κ2) is 6.93. The van der Waals surface area contributed by atoms with Crippen molar-refractivity contribution >= 4 is 17.5 Å². The first kappa shape index (κ1) is 16.0. The summed E-state index contributed by atoms with van der Waals surface area (Å²) in [6.07, 6.45) is 0.894. The first-order valence-corrected chi connectivity index (χ1v) is 6.68. The van der Waals surface area contributed by atoms with E-state index in [2.05, 4.69) is 31.4 Å². The molecule has 0 aromatic heterocycles. The van der Waals surface area contributed by atoms with E-state index in [-0.39, 0.29) is 23.8 Å². The fraction of sp³-hybridized carbons (Fsp3) is 0.467. The highest BCUT2D eigenvalue weighted by atomic mass is 16.2. The number of nitrogens with one attached hydrogen (secondary N) is 2. The predicted molar refractivity (Wildman–Crippen MR) is 80.3 cm³/mol. The molecule has 20 heavy (non-hydrogen) atoms. The van der Waals surface area contributed by atoms with Crippen molar-refractivity contribution in [1.82, 2.24) is 10.6 Å². The second-order valence-corrected chi connectivity index (χ2v) is 5.97. The number of hydrogen-bond acceptors (Lipinski definition) is 3. The van der Waals surface area contributed by atoms with Crippen LogP contribution in [0.3, 0.4) is 0 Å². The Kier molecular flexibility index (Phi) is 5.55. The van der Waals surface area contributed by atoms with Gasteiger partial charge in [0.1, 0.15) is 0 Å². The van der Waals surface area contributed by atoms with Gasteiger partial charge in [0.2, 0.25) is 5.91 Å². The molecule has 0 spiro atoms. The minimum Gasteiger partial charge on any atom is -0.399 e. The molecule has 0 bridgehead atoms. The molecule has 0 atom stereocenters. The molecule has 1 rings (SSSR count). The highest BCUT2D eigenvalue weighted by molar-refractivity contribution is 5.96. The van der Waals surface area contributed by atoms with Crippen LogP contribution in [-0.4, -0.2) is 24.9 Å². The summed E-state index contributed by atoms with van der Waals surface area (Å²) in [4.78, 5) is 23.3. The van der Waals surface area contributed by atoms with Crippen LogP contribution in [-0.2, 0) is 4.79 Å². The van der Waals surface area contributed by atoms with Crippen molar-refractivity contribution < 1.29 is 9.59 Å². The molecular formula is C15H23N3O2. The lowest BCUT2D eigenvalue weighted by molar-refractivity contribution is -0.120. The smallest absolute Gasteiger partial charge is 0.251 e. The molecule has 0 saturated heterocycles. The molecule has 4 N–H and O–H groups in total. The molecule has 0 heterocycles. The van der Waals surface area contributed by atoms with E-state index in [0.717, 1.165) is 6.42 Å². The molecule has 110 valence electrons. The fourth-order valence-corrected chi connectivity index (χ4v) is 1.54. The Balaban J connectivity index is 2.30. The Morgan fingerprint density at radius 1 is 1.10 bits per heavy atom. The third kappa shape index (κ3) is 6.22. The second-order valence-electron chi connectivity index (χ2n) is 5.97. The lowest BCUT2D eigenvalue weighted by Gasteiger charge is -2.18. The molecule has 1 aromatic carbocycles. The third-order valence-electron chi connectivity index (χ3n) is 2.78. The molecule has 0 aliphatic rings.